The standard InChI is InChI=1S/C18H19N3OS2/c1-13-10-15-17(19-12-20-18(15)24-13)23-9-8-16(22)21(2)11-14-6-4-3-5-7-14/h3-7,10,12H,8-9,11H2,1-2H3. The number of carbonyl (C=O) groups excluding carboxylic acids is 1. The average molecular weight is 358 g/mol. The van der Waals surface area contributed by atoms with Gasteiger partial charge in [0.1, 0.15) is 16.2 Å². The van der Waals surface area contributed by atoms with Crippen LogP contribution in [0.4, 0.5) is 0 Å². The smallest absolute Gasteiger partial charge is 0.223 e. The molecular weight excluding hydrogens is 338 g/mol. The Bertz CT molecular complexity index is 833. The van der Waals surface area contributed by atoms with Crippen LogP contribution in [0.25, 0.3) is 10.2 Å². The van der Waals surface area contributed by atoms with E-state index in [9.17, 15) is 4.79 Å². The van der Waals surface area contributed by atoms with Crippen molar-refractivity contribution in [3.05, 3.63) is 53.2 Å². The van der Waals surface area contributed by atoms with E-state index >= 15 is 0 Å². The minimum Gasteiger partial charge on any atom is -0.341 e. The Morgan fingerprint density at radius 1 is 1.25 bits per heavy atom. The van der Waals surface area contributed by atoms with Gasteiger partial charge in [0, 0.05) is 36.0 Å². The molecule has 24 heavy (non-hydrogen) atoms. The maximum Gasteiger partial charge on any atom is 0.223 e. The van der Waals surface area contributed by atoms with Gasteiger partial charge >= 0.3 is 0 Å². The van der Waals surface area contributed by atoms with Gasteiger partial charge in [-0.2, -0.15) is 0 Å². The Hall–Kier alpha value is -1.92. The molecule has 3 aromatic rings. The first kappa shape index (κ1) is 16.9. The molecule has 0 aliphatic rings. The monoisotopic (exact) mass is 357 g/mol. The SMILES string of the molecule is Cc1cc2c(SCCC(=O)N(C)Cc3ccccc3)ncnc2s1. The summed E-state index contributed by atoms with van der Waals surface area (Å²) in [6.45, 7) is 2.72. The van der Waals surface area contributed by atoms with E-state index in [1.165, 1.54) is 4.88 Å². The maximum atomic E-state index is 12.3. The second-order valence-electron chi connectivity index (χ2n) is 5.59. The number of fused-ring (bicyclic) bond motifs is 1. The summed E-state index contributed by atoms with van der Waals surface area (Å²) >= 11 is 3.30. The molecule has 0 fully saturated rings. The summed E-state index contributed by atoms with van der Waals surface area (Å²) in [5.74, 6) is 0.872. The molecule has 0 N–H and O–H groups in total. The third kappa shape index (κ3) is 4.13. The Morgan fingerprint density at radius 2 is 2.04 bits per heavy atom. The van der Waals surface area contributed by atoms with Crippen molar-refractivity contribution < 1.29 is 4.79 Å². The molecule has 0 radical (unpaired) electrons. The number of benzene rings is 1. The molecule has 1 aromatic carbocycles. The van der Waals surface area contributed by atoms with Crippen molar-refractivity contribution in [1.82, 2.24) is 14.9 Å². The van der Waals surface area contributed by atoms with E-state index < -0.39 is 0 Å². The molecule has 0 saturated carbocycles. The first-order valence-electron chi connectivity index (χ1n) is 7.75. The molecule has 3 rings (SSSR count). The van der Waals surface area contributed by atoms with Crippen LogP contribution in [0.5, 0.6) is 0 Å². The number of thioether (sulfide) groups is 1. The van der Waals surface area contributed by atoms with Crippen molar-refractivity contribution in [2.24, 2.45) is 0 Å². The molecule has 0 atom stereocenters. The fourth-order valence-corrected chi connectivity index (χ4v) is 4.26. The zero-order valence-corrected chi connectivity index (χ0v) is 15.4. The zero-order valence-electron chi connectivity index (χ0n) is 13.7. The highest BCUT2D eigenvalue weighted by molar-refractivity contribution is 7.99. The lowest BCUT2D eigenvalue weighted by atomic mass is 10.2. The Kier molecular flexibility index (Phi) is 5.48. The van der Waals surface area contributed by atoms with Gasteiger partial charge in [-0.1, -0.05) is 30.3 Å². The molecule has 4 nitrogen and oxygen atoms in total. The summed E-state index contributed by atoms with van der Waals surface area (Å²) in [5.41, 5.74) is 1.15. The lowest BCUT2D eigenvalue weighted by Crippen LogP contribution is -2.26. The fraction of sp³-hybridized carbons (Fsp3) is 0.278. The van der Waals surface area contributed by atoms with E-state index in [1.807, 2.05) is 37.4 Å². The van der Waals surface area contributed by atoms with E-state index in [-0.39, 0.29) is 5.91 Å². The summed E-state index contributed by atoms with van der Waals surface area (Å²) in [4.78, 5) is 25.0. The number of nitrogens with zero attached hydrogens (tertiary/aromatic N) is 3. The Morgan fingerprint density at radius 3 is 2.83 bits per heavy atom. The number of rotatable bonds is 6. The minimum absolute atomic E-state index is 0.151. The van der Waals surface area contributed by atoms with Gasteiger partial charge in [-0.3, -0.25) is 4.79 Å². The largest absolute Gasteiger partial charge is 0.341 e. The highest BCUT2D eigenvalue weighted by Gasteiger charge is 2.11. The number of aryl methyl sites for hydroxylation is 1. The second-order valence-corrected chi connectivity index (χ2v) is 7.91. The van der Waals surface area contributed by atoms with Crippen LogP contribution in [-0.2, 0) is 11.3 Å². The predicted molar refractivity (Wildman–Crippen MR) is 100 cm³/mol. The predicted octanol–water partition coefficient (Wildman–Crippen LogP) is 4.14. The Balaban J connectivity index is 1.54. The number of thiophene rings is 1. The van der Waals surface area contributed by atoms with Gasteiger partial charge in [0.05, 0.1) is 0 Å². The van der Waals surface area contributed by atoms with E-state index in [4.69, 9.17) is 0 Å². The van der Waals surface area contributed by atoms with Crippen molar-refractivity contribution in [3.8, 4) is 0 Å². The van der Waals surface area contributed by atoms with Gasteiger partial charge in [0.15, 0.2) is 0 Å². The van der Waals surface area contributed by atoms with E-state index in [0.717, 1.165) is 26.6 Å². The third-order valence-corrected chi connectivity index (χ3v) is 5.62. The molecule has 0 aliphatic heterocycles. The lowest BCUT2D eigenvalue weighted by Gasteiger charge is -2.17. The third-order valence-electron chi connectivity index (χ3n) is 3.66. The van der Waals surface area contributed by atoms with Crippen molar-refractivity contribution >= 4 is 39.2 Å². The summed E-state index contributed by atoms with van der Waals surface area (Å²) in [6.07, 6.45) is 2.10. The van der Waals surface area contributed by atoms with Crippen LogP contribution < -0.4 is 0 Å². The summed E-state index contributed by atoms with van der Waals surface area (Å²) < 4.78 is 0. The number of hydrogen-bond donors (Lipinski definition) is 0. The molecule has 0 bridgehead atoms. The molecule has 0 unspecified atom stereocenters. The van der Waals surface area contributed by atoms with Crippen LogP contribution in [0.3, 0.4) is 0 Å². The summed E-state index contributed by atoms with van der Waals surface area (Å²) in [5, 5.41) is 2.05. The van der Waals surface area contributed by atoms with Gasteiger partial charge in [-0.05, 0) is 18.6 Å². The Labute approximate surface area is 149 Å². The quantitative estimate of drug-likeness (QED) is 0.491. The van der Waals surface area contributed by atoms with Crippen LogP contribution in [0, 0.1) is 6.92 Å². The van der Waals surface area contributed by atoms with Crippen molar-refractivity contribution in [2.75, 3.05) is 12.8 Å². The van der Waals surface area contributed by atoms with Gasteiger partial charge in [-0.15, -0.1) is 23.1 Å². The number of amides is 1. The van der Waals surface area contributed by atoms with Crippen molar-refractivity contribution in [2.45, 2.75) is 24.9 Å². The molecule has 0 saturated heterocycles. The molecule has 0 aliphatic carbocycles. The van der Waals surface area contributed by atoms with Crippen molar-refractivity contribution in [3.63, 3.8) is 0 Å². The molecule has 6 heteroatoms. The number of hydrogen-bond acceptors (Lipinski definition) is 5. The van der Waals surface area contributed by atoms with E-state index in [1.54, 1.807) is 34.3 Å². The summed E-state index contributed by atoms with van der Waals surface area (Å²) in [7, 11) is 1.85. The summed E-state index contributed by atoms with van der Waals surface area (Å²) in [6, 6.07) is 12.2. The molecule has 1 amide bonds. The van der Waals surface area contributed by atoms with Crippen LogP contribution >= 0.6 is 23.1 Å². The van der Waals surface area contributed by atoms with Gasteiger partial charge in [0.25, 0.3) is 0 Å². The van der Waals surface area contributed by atoms with Gasteiger partial charge in [-0.25, -0.2) is 9.97 Å². The molecule has 2 aromatic heterocycles. The van der Waals surface area contributed by atoms with E-state index in [0.29, 0.717) is 13.0 Å². The van der Waals surface area contributed by atoms with Crippen LogP contribution in [0.1, 0.15) is 16.9 Å². The molecule has 2 heterocycles. The highest BCUT2D eigenvalue weighted by Crippen LogP contribution is 2.30. The second kappa shape index (κ2) is 7.77. The normalized spacial score (nSPS) is 10.9. The van der Waals surface area contributed by atoms with Crippen LogP contribution in [-0.4, -0.2) is 33.6 Å². The molecule has 0 spiro atoms. The lowest BCUT2D eigenvalue weighted by molar-refractivity contribution is -0.129. The van der Waals surface area contributed by atoms with Crippen molar-refractivity contribution in [1.29, 1.82) is 0 Å². The van der Waals surface area contributed by atoms with Gasteiger partial charge in [0.2, 0.25) is 5.91 Å². The first-order chi connectivity index (χ1) is 11.6. The maximum absolute atomic E-state index is 12.3. The topological polar surface area (TPSA) is 46.1 Å². The average Bonchev–Trinajstić information content (AvgIpc) is 2.96. The zero-order chi connectivity index (χ0) is 16.9. The molecular formula is C18H19N3OS2. The van der Waals surface area contributed by atoms with E-state index in [2.05, 4.69) is 23.0 Å². The molecule has 124 valence electrons. The number of carbonyl (C=O) groups is 1. The van der Waals surface area contributed by atoms with Crippen LogP contribution in [0.2, 0.25) is 0 Å². The van der Waals surface area contributed by atoms with Crippen LogP contribution in [0.15, 0.2) is 47.8 Å². The minimum atomic E-state index is 0.151. The highest BCUT2D eigenvalue weighted by atomic mass is 32.2. The van der Waals surface area contributed by atoms with Gasteiger partial charge < -0.3 is 4.90 Å². The number of aromatic nitrogens is 2. The fourth-order valence-electron chi connectivity index (χ4n) is 2.44. The first-order valence-corrected chi connectivity index (χ1v) is 9.55.